The van der Waals surface area contributed by atoms with Crippen LogP contribution >= 0.6 is 0 Å². The quantitative estimate of drug-likeness (QED) is 0.611. The average Bonchev–Trinajstić information content (AvgIpc) is 1.81. The first kappa shape index (κ1) is 10.6. The van der Waals surface area contributed by atoms with Crippen molar-refractivity contribution in [3.8, 4) is 0 Å². The standard InChI is InChI=1S/C6H12O4S/c1-6(8)5-11(9,10)4-2-3-7/h7H,2-5H2,1H3. The van der Waals surface area contributed by atoms with Gasteiger partial charge < -0.3 is 5.11 Å². The minimum atomic E-state index is -3.25. The number of carbonyl (C=O) groups is 1. The third kappa shape index (κ3) is 6.00. The van der Waals surface area contributed by atoms with Gasteiger partial charge in [0.25, 0.3) is 0 Å². The second-order valence-corrected chi connectivity index (χ2v) is 4.56. The molecule has 11 heavy (non-hydrogen) atoms. The highest BCUT2D eigenvalue weighted by Gasteiger charge is 2.12. The molecule has 0 aromatic heterocycles. The Hall–Kier alpha value is -0.420. The van der Waals surface area contributed by atoms with E-state index in [1.165, 1.54) is 6.92 Å². The maximum atomic E-state index is 10.9. The number of ketones is 1. The van der Waals surface area contributed by atoms with Crippen molar-refractivity contribution in [2.24, 2.45) is 0 Å². The van der Waals surface area contributed by atoms with Gasteiger partial charge >= 0.3 is 0 Å². The maximum Gasteiger partial charge on any atom is 0.157 e. The molecule has 0 rings (SSSR count). The summed E-state index contributed by atoms with van der Waals surface area (Å²) < 4.78 is 21.7. The summed E-state index contributed by atoms with van der Waals surface area (Å²) in [6.07, 6.45) is 0.204. The van der Waals surface area contributed by atoms with E-state index in [1.807, 2.05) is 0 Å². The molecule has 0 saturated heterocycles. The minimum Gasteiger partial charge on any atom is -0.396 e. The van der Waals surface area contributed by atoms with Crippen LogP contribution in [0.25, 0.3) is 0 Å². The molecule has 0 bridgehead atoms. The van der Waals surface area contributed by atoms with Gasteiger partial charge in [-0.1, -0.05) is 0 Å². The predicted molar refractivity (Wildman–Crippen MR) is 41.0 cm³/mol. The number of hydrogen-bond acceptors (Lipinski definition) is 4. The number of Topliss-reactive ketones (excluding diaryl/α,β-unsaturated/α-hetero) is 1. The Kier molecular flexibility index (Phi) is 4.29. The van der Waals surface area contributed by atoms with E-state index in [0.717, 1.165) is 0 Å². The van der Waals surface area contributed by atoms with Crippen LogP contribution in [0.5, 0.6) is 0 Å². The highest BCUT2D eigenvalue weighted by atomic mass is 32.2. The highest BCUT2D eigenvalue weighted by Crippen LogP contribution is 1.93. The van der Waals surface area contributed by atoms with Gasteiger partial charge in [0, 0.05) is 6.61 Å². The van der Waals surface area contributed by atoms with Gasteiger partial charge in [0.2, 0.25) is 0 Å². The summed E-state index contributed by atoms with van der Waals surface area (Å²) in [5.74, 6) is -0.876. The number of aliphatic hydroxyl groups excluding tert-OH is 1. The normalized spacial score (nSPS) is 11.5. The number of rotatable bonds is 5. The average molecular weight is 180 g/mol. The van der Waals surface area contributed by atoms with Crippen LogP contribution in [0.15, 0.2) is 0 Å². The van der Waals surface area contributed by atoms with E-state index >= 15 is 0 Å². The monoisotopic (exact) mass is 180 g/mol. The van der Waals surface area contributed by atoms with Crippen molar-refractivity contribution in [1.82, 2.24) is 0 Å². The maximum absolute atomic E-state index is 10.9. The fraction of sp³-hybridized carbons (Fsp3) is 0.833. The Balaban J connectivity index is 3.92. The molecule has 1 N–H and O–H groups in total. The van der Waals surface area contributed by atoms with Crippen molar-refractivity contribution in [3.05, 3.63) is 0 Å². The number of carbonyl (C=O) groups excluding carboxylic acids is 1. The third-order valence-corrected chi connectivity index (χ3v) is 2.79. The number of aliphatic hydroxyl groups is 1. The molecular weight excluding hydrogens is 168 g/mol. The van der Waals surface area contributed by atoms with Crippen LogP contribution in [-0.4, -0.2) is 37.4 Å². The minimum absolute atomic E-state index is 0.108. The summed E-state index contributed by atoms with van der Waals surface area (Å²) in [5, 5.41) is 8.31. The van der Waals surface area contributed by atoms with E-state index in [2.05, 4.69) is 0 Å². The lowest BCUT2D eigenvalue weighted by molar-refractivity contribution is -0.114. The molecule has 0 radical (unpaired) electrons. The van der Waals surface area contributed by atoms with Gasteiger partial charge in [-0.3, -0.25) is 4.79 Å². The molecule has 0 atom stereocenters. The second kappa shape index (κ2) is 4.46. The van der Waals surface area contributed by atoms with Gasteiger partial charge in [0.05, 0.1) is 5.75 Å². The zero-order valence-corrected chi connectivity index (χ0v) is 7.23. The summed E-state index contributed by atoms with van der Waals surface area (Å²) in [4.78, 5) is 10.4. The van der Waals surface area contributed by atoms with E-state index in [4.69, 9.17) is 5.11 Å². The Bertz CT molecular complexity index is 217. The predicted octanol–water partition coefficient (Wildman–Crippen LogP) is -0.627. The van der Waals surface area contributed by atoms with Gasteiger partial charge in [-0.05, 0) is 13.3 Å². The van der Waals surface area contributed by atoms with Crippen molar-refractivity contribution >= 4 is 15.6 Å². The van der Waals surface area contributed by atoms with Gasteiger partial charge in [0.15, 0.2) is 9.84 Å². The Labute approximate surface area is 66.1 Å². The molecule has 0 aromatic rings. The van der Waals surface area contributed by atoms with Crippen LogP contribution < -0.4 is 0 Å². The van der Waals surface area contributed by atoms with Crippen LogP contribution in [-0.2, 0) is 14.6 Å². The van der Waals surface area contributed by atoms with E-state index in [0.29, 0.717) is 0 Å². The lowest BCUT2D eigenvalue weighted by Crippen LogP contribution is -2.17. The molecule has 4 nitrogen and oxygen atoms in total. The Morgan fingerprint density at radius 3 is 2.36 bits per heavy atom. The molecule has 0 aliphatic carbocycles. The molecule has 0 saturated carbocycles. The summed E-state index contributed by atoms with van der Waals surface area (Å²) in [6.45, 7) is 1.08. The zero-order valence-electron chi connectivity index (χ0n) is 6.41. The SMILES string of the molecule is CC(=O)CS(=O)(=O)CCCO. The molecule has 66 valence electrons. The molecule has 0 aromatic carbocycles. The third-order valence-electron chi connectivity index (χ3n) is 1.04. The van der Waals surface area contributed by atoms with E-state index in [1.54, 1.807) is 0 Å². The van der Waals surface area contributed by atoms with E-state index < -0.39 is 15.6 Å². The zero-order chi connectivity index (χ0) is 8.91. The lowest BCUT2D eigenvalue weighted by atomic mass is 10.5. The van der Waals surface area contributed by atoms with E-state index in [9.17, 15) is 13.2 Å². The van der Waals surface area contributed by atoms with Crippen molar-refractivity contribution in [2.45, 2.75) is 13.3 Å². The first-order chi connectivity index (χ1) is 4.98. The fourth-order valence-corrected chi connectivity index (χ4v) is 2.00. The molecule has 0 heterocycles. The highest BCUT2D eigenvalue weighted by molar-refractivity contribution is 7.92. The first-order valence-corrected chi connectivity index (χ1v) is 5.11. The smallest absolute Gasteiger partial charge is 0.157 e. The van der Waals surface area contributed by atoms with Crippen LogP contribution in [0.2, 0.25) is 0 Å². The molecule has 5 heteroatoms. The van der Waals surface area contributed by atoms with Crippen molar-refractivity contribution in [3.63, 3.8) is 0 Å². The van der Waals surface area contributed by atoms with Gasteiger partial charge in [-0.2, -0.15) is 0 Å². The van der Waals surface area contributed by atoms with Crippen molar-refractivity contribution in [2.75, 3.05) is 18.1 Å². The van der Waals surface area contributed by atoms with Crippen LogP contribution in [0, 0.1) is 0 Å². The molecular formula is C6H12O4S. The first-order valence-electron chi connectivity index (χ1n) is 3.28. The molecule has 0 amide bonds. The summed E-state index contributed by atoms with van der Waals surface area (Å²) in [6, 6.07) is 0. The summed E-state index contributed by atoms with van der Waals surface area (Å²) >= 11 is 0. The fourth-order valence-electron chi connectivity index (χ4n) is 0.666. The topological polar surface area (TPSA) is 71.4 Å². The number of sulfone groups is 1. The molecule has 0 fully saturated rings. The number of hydrogen-bond donors (Lipinski definition) is 1. The van der Waals surface area contributed by atoms with Crippen LogP contribution in [0.4, 0.5) is 0 Å². The van der Waals surface area contributed by atoms with Gasteiger partial charge in [-0.25, -0.2) is 8.42 Å². The molecule has 0 aliphatic rings. The van der Waals surface area contributed by atoms with Crippen molar-refractivity contribution < 1.29 is 18.3 Å². The largest absolute Gasteiger partial charge is 0.396 e. The summed E-state index contributed by atoms with van der Waals surface area (Å²) in [5.41, 5.74) is 0. The molecule has 0 unspecified atom stereocenters. The summed E-state index contributed by atoms with van der Waals surface area (Å²) in [7, 11) is -3.25. The van der Waals surface area contributed by atoms with Gasteiger partial charge in [-0.15, -0.1) is 0 Å². The Morgan fingerprint density at radius 1 is 1.45 bits per heavy atom. The van der Waals surface area contributed by atoms with Crippen molar-refractivity contribution in [1.29, 1.82) is 0 Å². The van der Waals surface area contributed by atoms with Crippen LogP contribution in [0.3, 0.4) is 0 Å². The second-order valence-electron chi connectivity index (χ2n) is 2.37. The van der Waals surface area contributed by atoms with E-state index in [-0.39, 0.29) is 24.6 Å². The van der Waals surface area contributed by atoms with Gasteiger partial charge in [0.1, 0.15) is 11.5 Å². The Morgan fingerprint density at radius 2 is 2.00 bits per heavy atom. The lowest BCUT2D eigenvalue weighted by Gasteiger charge is -1.98. The van der Waals surface area contributed by atoms with Crippen LogP contribution in [0.1, 0.15) is 13.3 Å². The molecule has 0 spiro atoms. The molecule has 0 aliphatic heterocycles.